The van der Waals surface area contributed by atoms with Crippen LogP contribution < -0.4 is 0 Å². The number of amides is 1. The average Bonchev–Trinajstić information content (AvgIpc) is 3.01. The van der Waals surface area contributed by atoms with Gasteiger partial charge in [0.2, 0.25) is 11.8 Å². The van der Waals surface area contributed by atoms with Crippen LogP contribution in [0.15, 0.2) is 22.7 Å². The second-order valence-corrected chi connectivity index (χ2v) is 6.22. The average molecular weight is 315 g/mol. The second-order valence-electron chi connectivity index (χ2n) is 6.22. The van der Waals surface area contributed by atoms with E-state index in [1.54, 1.807) is 12.1 Å². The number of carbonyl (C=O) groups is 1. The molecule has 1 amide bonds. The van der Waals surface area contributed by atoms with Gasteiger partial charge in [0.05, 0.1) is 0 Å². The molecule has 1 aromatic carbocycles. The highest BCUT2D eigenvalue weighted by Crippen LogP contribution is 2.23. The molecule has 23 heavy (non-hydrogen) atoms. The smallest absolute Gasteiger partial charge is 0.227 e. The number of phenols is 1. The van der Waals surface area contributed by atoms with Gasteiger partial charge in [-0.25, -0.2) is 0 Å². The Kier molecular flexibility index (Phi) is 4.32. The van der Waals surface area contributed by atoms with Crippen molar-refractivity contribution in [2.45, 2.75) is 45.6 Å². The quantitative estimate of drug-likeness (QED) is 0.937. The lowest BCUT2D eigenvalue weighted by molar-refractivity contribution is -0.132. The molecule has 6 nitrogen and oxygen atoms in total. The summed E-state index contributed by atoms with van der Waals surface area (Å²) in [6, 6.07) is 5.36. The van der Waals surface area contributed by atoms with Crippen LogP contribution in [0.25, 0.3) is 0 Å². The van der Waals surface area contributed by atoms with E-state index in [0.29, 0.717) is 37.6 Å². The normalized spacial score (nSPS) is 14.1. The summed E-state index contributed by atoms with van der Waals surface area (Å²) < 4.78 is 5.17. The predicted molar refractivity (Wildman–Crippen MR) is 83.9 cm³/mol. The first kappa shape index (κ1) is 15.5. The van der Waals surface area contributed by atoms with Crippen LogP contribution in [-0.2, 0) is 24.2 Å². The molecule has 0 atom stereocenters. The molecule has 1 aliphatic rings. The standard InChI is InChI=1S/C17H21N3O3/c1-11(2)17-18-15(23-19-17)5-6-16(22)20-8-7-12-3-4-14(21)9-13(12)10-20/h3-4,9,11,21H,5-8,10H2,1-2H3. The van der Waals surface area contributed by atoms with Gasteiger partial charge >= 0.3 is 0 Å². The van der Waals surface area contributed by atoms with Gasteiger partial charge in [-0.15, -0.1) is 0 Å². The van der Waals surface area contributed by atoms with Crippen LogP contribution in [0.4, 0.5) is 0 Å². The van der Waals surface area contributed by atoms with E-state index in [9.17, 15) is 9.90 Å². The molecule has 0 saturated heterocycles. The Morgan fingerprint density at radius 2 is 2.22 bits per heavy atom. The van der Waals surface area contributed by atoms with Crippen molar-refractivity contribution in [3.05, 3.63) is 41.0 Å². The number of benzene rings is 1. The van der Waals surface area contributed by atoms with Crippen molar-refractivity contribution in [3.8, 4) is 5.75 Å². The highest BCUT2D eigenvalue weighted by atomic mass is 16.5. The summed E-state index contributed by atoms with van der Waals surface area (Å²) in [5.74, 6) is 1.72. The van der Waals surface area contributed by atoms with Gasteiger partial charge < -0.3 is 14.5 Å². The lowest BCUT2D eigenvalue weighted by Gasteiger charge is -2.29. The zero-order valence-corrected chi connectivity index (χ0v) is 13.5. The van der Waals surface area contributed by atoms with Crippen LogP contribution in [0.3, 0.4) is 0 Å². The minimum Gasteiger partial charge on any atom is -0.508 e. The molecule has 3 rings (SSSR count). The van der Waals surface area contributed by atoms with E-state index < -0.39 is 0 Å². The van der Waals surface area contributed by atoms with Crippen molar-refractivity contribution in [2.75, 3.05) is 6.54 Å². The highest BCUT2D eigenvalue weighted by Gasteiger charge is 2.21. The van der Waals surface area contributed by atoms with E-state index >= 15 is 0 Å². The number of aromatic nitrogens is 2. The van der Waals surface area contributed by atoms with Crippen LogP contribution in [0.1, 0.15) is 49.0 Å². The monoisotopic (exact) mass is 315 g/mol. The molecule has 1 aliphatic heterocycles. The number of carbonyl (C=O) groups excluding carboxylic acids is 1. The summed E-state index contributed by atoms with van der Waals surface area (Å²) in [5.41, 5.74) is 2.22. The SMILES string of the molecule is CC(C)c1noc(CCC(=O)N2CCc3ccc(O)cc3C2)n1. The molecule has 122 valence electrons. The minimum atomic E-state index is 0.0725. The Balaban J connectivity index is 1.58. The summed E-state index contributed by atoms with van der Waals surface area (Å²) in [6.45, 7) is 5.25. The van der Waals surface area contributed by atoms with E-state index in [0.717, 1.165) is 12.0 Å². The number of aromatic hydroxyl groups is 1. The number of aryl methyl sites for hydroxylation is 1. The molecule has 0 bridgehead atoms. The van der Waals surface area contributed by atoms with Gasteiger partial charge in [-0.3, -0.25) is 4.79 Å². The Morgan fingerprint density at radius 3 is 2.96 bits per heavy atom. The predicted octanol–water partition coefficient (Wildman–Crippen LogP) is 2.42. The fourth-order valence-corrected chi connectivity index (χ4v) is 2.73. The van der Waals surface area contributed by atoms with Gasteiger partial charge in [0, 0.05) is 31.8 Å². The lowest BCUT2D eigenvalue weighted by Crippen LogP contribution is -2.36. The fourth-order valence-electron chi connectivity index (χ4n) is 2.73. The minimum absolute atomic E-state index is 0.0725. The maximum Gasteiger partial charge on any atom is 0.227 e. The molecule has 0 spiro atoms. The fraction of sp³-hybridized carbons (Fsp3) is 0.471. The summed E-state index contributed by atoms with van der Waals surface area (Å²) in [4.78, 5) is 18.5. The number of nitrogens with zero attached hydrogens (tertiary/aromatic N) is 3. The topological polar surface area (TPSA) is 79.5 Å². The number of fused-ring (bicyclic) bond motifs is 1. The highest BCUT2D eigenvalue weighted by molar-refractivity contribution is 5.76. The van der Waals surface area contributed by atoms with Crippen molar-refractivity contribution in [1.29, 1.82) is 0 Å². The van der Waals surface area contributed by atoms with Crippen LogP contribution in [-0.4, -0.2) is 32.6 Å². The molecule has 2 heterocycles. The van der Waals surface area contributed by atoms with Crippen molar-refractivity contribution in [1.82, 2.24) is 15.0 Å². The Labute approximate surface area is 135 Å². The largest absolute Gasteiger partial charge is 0.508 e. The van der Waals surface area contributed by atoms with E-state index in [4.69, 9.17) is 4.52 Å². The van der Waals surface area contributed by atoms with E-state index in [2.05, 4.69) is 10.1 Å². The molecular weight excluding hydrogens is 294 g/mol. The Bertz CT molecular complexity index is 709. The summed E-state index contributed by atoms with van der Waals surface area (Å²) in [5, 5.41) is 13.5. The third-order valence-electron chi connectivity index (χ3n) is 4.11. The molecule has 0 unspecified atom stereocenters. The zero-order chi connectivity index (χ0) is 16.4. The molecule has 0 aliphatic carbocycles. The maximum absolute atomic E-state index is 12.4. The molecule has 0 saturated carbocycles. The van der Waals surface area contributed by atoms with Crippen LogP contribution in [0.2, 0.25) is 0 Å². The van der Waals surface area contributed by atoms with Crippen LogP contribution >= 0.6 is 0 Å². The van der Waals surface area contributed by atoms with Crippen LogP contribution in [0, 0.1) is 0 Å². The molecule has 6 heteroatoms. The van der Waals surface area contributed by atoms with Crippen molar-refractivity contribution >= 4 is 5.91 Å². The summed E-state index contributed by atoms with van der Waals surface area (Å²) in [6.07, 6.45) is 1.63. The van der Waals surface area contributed by atoms with Gasteiger partial charge in [0.1, 0.15) is 5.75 Å². The number of hydrogen-bond donors (Lipinski definition) is 1. The number of phenolic OH excluding ortho intramolecular Hbond substituents is 1. The van der Waals surface area contributed by atoms with Crippen LogP contribution in [0.5, 0.6) is 5.75 Å². The molecule has 0 radical (unpaired) electrons. The van der Waals surface area contributed by atoms with Gasteiger partial charge in [0.25, 0.3) is 0 Å². The molecule has 2 aromatic rings. The van der Waals surface area contributed by atoms with Gasteiger partial charge in [-0.1, -0.05) is 25.1 Å². The van der Waals surface area contributed by atoms with Gasteiger partial charge in [0.15, 0.2) is 5.82 Å². The molecule has 1 N–H and O–H groups in total. The van der Waals surface area contributed by atoms with E-state index in [-0.39, 0.29) is 17.6 Å². The molecule has 1 aromatic heterocycles. The third kappa shape index (κ3) is 3.52. The summed E-state index contributed by atoms with van der Waals surface area (Å²) >= 11 is 0. The first-order valence-electron chi connectivity index (χ1n) is 7.94. The molecular formula is C17H21N3O3. The van der Waals surface area contributed by atoms with E-state index in [1.165, 1.54) is 5.56 Å². The van der Waals surface area contributed by atoms with Crippen molar-refractivity contribution in [2.24, 2.45) is 0 Å². The second kappa shape index (κ2) is 6.40. The number of rotatable bonds is 4. The van der Waals surface area contributed by atoms with Gasteiger partial charge in [-0.2, -0.15) is 4.98 Å². The van der Waals surface area contributed by atoms with Crippen molar-refractivity contribution in [3.63, 3.8) is 0 Å². The van der Waals surface area contributed by atoms with Gasteiger partial charge in [-0.05, 0) is 29.7 Å². The Morgan fingerprint density at radius 1 is 1.39 bits per heavy atom. The Hall–Kier alpha value is -2.37. The maximum atomic E-state index is 12.4. The first-order valence-corrected chi connectivity index (χ1v) is 7.94. The molecule has 0 fully saturated rings. The number of hydrogen-bond acceptors (Lipinski definition) is 5. The van der Waals surface area contributed by atoms with Crippen molar-refractivity contribution < 1.29 is 14.4 Å². The lowest BCUT2D eigenvalue weighted by atomic mass is 9.99. The summed E-state index contributed by atoms with van der Waals surface area (Å²) in [7, 11) is 0. The third-order valence-corrected chi connectivity index (χ3v) is 4.11. The zero-order valence-electron chi connectivity index (χ0n) is 13.5. The van der Waals surface area contributed by atoms with E-state index in [1.807, 2.05) is 24.8 Å². The first-order chi connectivity index (χ1) is 11.0.